The average Bonchev–Trinajstić information content (AvgIpc) is 2.69. The fraction of sp³-hybridized carbons (Fsp3) is 0.500. The van der Waals surface area contributed by atoms with E-state index in [1.807, 2.05) is 0 Å². The van der Waals surface area contributed by atoms with Crippen molar-refractivity contribution in [2.45, 2.75) is 69.4 Å². The summed E-state index contributed by atoms with van der Waals surface area (Å²) in [5, 5.41) is 10.2. The molecule has 1 aliphatic heterocycles. The molecule has 0 aromatic heterocycles. The Morgan fingerprint density at radius 1 is 0.853 bits per heavy atom. The zero-order valence-electron chi connectivity index (χ0n) is 19.3. The second-order valence-electron chi connectivity index (χ2n) is 7.39. The smallest absolute Gasteiger partial charge is 0.303 e. The number of Topliss-reactive ketones (excluding diaryl/α,β-unsaturated/α-hetero) is 1. The molecular formula is C22H26O11S. The largest absolute Gasteiger partial charge is 0.507 e. The number of ether oxygens (including phenoxy) is 5. The molecule has 0 saturated carbocycles. The van der Waals surface area contributed by atoms with Crippen LogP contribution in [0.3, 0.4) is 0 Å². The van der Waals surface area contributed by atoms with Gasteiger partial charge in [-0.1, -0.05) is 17.8 Å². The lowest BCUT2D eigenvalue weighted by Crippen LogP contribution is -2.61. The number of phenols is 1. The maximum atomic E-state index is 12.1. The summed E-state index contributed by atoms with van der Waals surface area (Å²) in [5.41, 5.74) is -1.10. The van der Waals surface area contributed by atoms with E-state index >= 15 is 0 Å². The number of ketones is 1. The number of phenolic OH excluding ortho intramolecular Hbond substituents is 1. The molecule has 1 aliphatic rings. The first kappa shape index (κ1) is 27.1. The summed E-state index contributed by atoms with van der Waals surface area (Å²) >= 11 is 0.921. The second-order valence-corrected chi connectivity index (χ2v) is 8.53. The van der Waals surface area contributed by atoms with Gasteiger partial charge in [0.2, 0.25) is 0 Å². The zero-order chi connectivity index (χ0) is 25.6. The van der Waals surface area contributed by atoms with Crippen molar-refractivity contribution in [3.63, 3.8) is 0 Å². The van der Waals surface area contributed by atoms with E-state index in [0.717, 1.165) is 32.5 Å². The standard InChI is InChI=1S/C22H26O11S/c1-10(23)18-15(28)7-6-8-17(18)34-22-21(32-14(5)27)20(31-13(4)26)19(30-12(3)25)16(33-22)9-29-11(2)24/h6-8,16,19-22,28H,9H2,1-5H3/t16-,19-,20+,21-,22+/m1/s1. The minimum absolute atomic E-state index is 0.0142. The van der Waals surface area contributed by atoms with Gasteiger partial charge in [0.15, 0.2) is 24.1 Å². The van der Waals surface area contributed by atoms with Crippen LogP contribution in [0.4, 0.5) is 0 Å². The Balaban J connectivity index is 2.55. The lowest BCUT2D eigenvalue weighted by atomic mass is 9.99. The van der Waals surface area contributed by atoms with Gasteiger partial charge in [0.05, 0.1) is 5.56 Å². The van der Waals surface area contributed by atoms with E-state index in [1.165, 1.54) is 26.0 Å². The van der Waals surface area contributed by atoms with Crippen molar-refractivity contribution in [2.24, 2.45) is 0 Å². The summed E-state index contributed by atoms with van der Waals surface area (Å²) in [5.74, 6) is -3.54. The average molecular weight is 499 g/mol. The monoisotopic (exact) mass is 498 g/mol. The Labute approximate surface area is 200 Å². The molecule has 0 bridgehead atoms. The third kappa shape index (κ3) is 7.19. The highest BCUT2D eigenvalue weighted by Gasteiger charge is 2.52. The van der Waals surface area contributed by atoms with E-state index in [4.69, 9.17) is 23.7 Å². The number of hydrogen-bond donors (Lipinski definition) is 1. The minimum Gasteiger partial charge on any atom is -0.507 e. The molecule has 0 unspecified atom stereocenters. The Kier molecular flexibility index (Phi) is 9.45. The van der Waals surface area contributed by atoms with Crippen molar-refractivity contribution in [3.8, 4) is 5.75 Å². The van der Waals surface area contributed by atoms with E-state index in [0.29, 0.717) is 4.90 Å². The van der Waals surface area contributed by atoms with Crippen molar-refractivity contribution in [1.82, 2.24) is 0 Å². The quantitative estimate of drug-likeness (QED) is 0.316. The van der Waals surface area contributed by atoms with E-state index in [1.54, 1.807) is 6.07 Å². The number of thioether (sulfide) groups is 1. The van der Waals surface area contributed by atoms with E-state index in [9.17, 15) is 29.1 Å². The molecule has 34 heavy (non-hydrogen) atoms. The minimum atomic E-state index is -1.32. The van der Waals surface area contributed by atoms with Gasteiger partial charge >= 0.3 is 23.9 Å². The highest BCUT2D eigenvalue weighted by atomic mass is 32.2. The van der Waals surface area contributed by atoms with Crippen LogP contribution in [-0.2, 0) is 42.9 Å². The SMILES string of the molecule is CC(=O)OC[C@H]1O[C@@H](Sc2cccc(O)c2C(C)=O)[C@H](OC(C)=O)[C@@H](OC(C)=O)[C@@H]1OC(C)=O. The van der Waals surface area contributed by atoms with E-state index < -0.39 is 59.5 Å². The molecule has 1 saturated heterocycles. The van der Waals surface area contributed by atoms with Gasteiger partial charge in [0.1, 0.15) is 23.9 Å². The molecule has 2 rings (SSSR count). The predicted octanol–water partition coefficient (Wildman–Crippen LogP) is 1.77. The van der Waals surface area contributed by atoms with Crippen LogP contribution < -0.4 is 0 Å². The van der Waals surface area contributed by atoms with Crippen LogP contribution >= 0.6 is 11.8 Å². The van der Waals surface area contributed by atoms with Crippen molar-refractivity contribution in [1.29, 1.82) is 0 Å². The van der Waals surface area contributed by atoms with Crippen LogP contribution in [0.5, 0.6) is 5.75 Å². The number of rotatable bonds is 8. The first-order valence-electron chi connectivity index (χ1n) is 10.2. The fourth-order valence-corrected chi connectivity index (χ4v) is 4.70. The molecule has 1 aromatic rings. The van der Waals surface area contributed by atoms with Crippen LogP contribution in [-0.4, -0.2) is 71.2 Å². The molecule has 1 N–H and O–H groups in total. The van der Waals surface area contributed by atoms with Gasteiger partial charge in [-0.15, -0.1) is 0 Å². The maximum Gasteiger partial charge on any atom is 0.303 e. The Hall–Kier alpha value is -3.12. The Bertz CT molecular complexity index is 960. The van der Waals surface area contributed by atoms with Crippen LogP contribution in [0.25, 0.3) is 0 Å². The first-order valence-corrected chi connectivity index (χ1v) is 11.1. The van der Waals surface area contributed by atoms with Gasteiger partial charge in [-0.05, 0) is 19.1 Å². The summed E-state index contributed by atoms with van der Waals surface area (Å²) in [6.45, 7) is 5.46. The van der Waals surface area contributed by atoms with Gasteiger partial charge in [-0.25, -0.2) is 0 Å². The number of hydrogen-bond acceptors (Lipinski definition) is 12. The number of carbonyl (C=O) groups excluding carboxylic acids is 5. The van der Waals surface area contributed by atoms with Crippen molar-refractivity contribution < 1.29 is 52.8 Å². The van der Waals surface area contributed by atoms with Gasteiger partial charge < -0.3 is 28.8 Å². The second kappa shape index (κ2) is 11.8. The van der Waals surface area contributed by atoms with Gasteiger partial charge in [-0.2, -0.15) is 0 Å². The molecule has 1 aromatic carbocycles. The predicted molar refractivity (Wildman–Crippen MR) is 116 cm³/mol. The molecular weight excluding hydrogens is 472 g/mol. The third-order valence-electron chi connectivity index (χ3n) is 4.55. The van der Waals surface area contributed by atoms with Gasteiger partial charge in [0, 0.05) is 32.6 Å². The zero-order valence-corrected chi connectivity index (χ0v) is 20.1. The molecule has 0 aliphatic carbocycles. The highest BCUT2D eigenvalue weighted by Crippen LogP contribution is 2.40. The van der Waals surface area contributed by atoms with Crippen LogP contribution in [0.1, 0.15) is 45.0 Å². The molecule has 1 fully saturated rings. The highest BCUT2D eigenvalue weighted by molar-refractivity contribution is 8.00. The first-order chi connectivity index (χ1) is 15.9. The molecule has 0 spiro atoms. The summed E-state index contributed by atoms with van der Waals surface area (Å²) in [6.07, 6.45) is -5.00. The maximum absolute atomic E-state index is 12.1. The van der Waals surface area contributed by atoms with Crippen LogP contribution in [0.15, 0.2) is 23.1 Å². The lowest BCUT2D eigenvalue weighted by Gasteiger charge is -2.44. The normalized spacial score (nSPS) is 24.0. The van der Waals surface area contributed by atoms with Crippen molar-refractivity contribution >= 4 is 41.4 Å². The lowest BCUT2D eigenvalue weighted by molar-refractivity contribution is -0.237. The van der Waals surface area contributed by atoms with Gasteiger partial charge in [-0.3, -0.25) is 24.0 Å². The molecule has 186 valence electrons. The van der Waals surface area contributed by atoms with E-state index in [-0.39, 0.29) is 17.9 Å². The number of carbonyl (C=O) groups is 5. The van der Waals surface area contributed by atoms with E-state index in [2.05, 4.69) is 0 Å². The summed E-state index contributed by atoms with van der Waals surface area (Å²) in [7, 11) is 0. The number of esters is 4. The summed E-state index contributed by atoms with van der Waals surface area (Å²) < 4.78 is 27.1. The van der Waals surface area contributed by atoms with Crippen molar-refractivity contribution in [2.75, 3.05) is 6.61 Å². The number of benzene rings is 1. The van der Waals surface area contributed by atoms with Crippen LogP contribution in [0, 0.1) is 0 Å². The number of aromatic hydroxyl groups is 1. The molecule has 5 atom stereocenters. The molecule has 11 nitrogen and oxygen atoms in total. The van der Waals surface area contributed by atoms with Gasteiger partial charge in [0.25, 0.3) is 0 Å². The van der Waals surface area contributed by atoms with Crippen molar-refractivity contribution in [3.05, 3.63) is 23.8 Å². The molecule has 0 radical (unpaired) electrons. The van der Waals surface area contributed by atoms with Crippen LogP contribution in [0.2, 0.25) is 0 Å². The Morgan fingerprint density at radius 2 is 1.41 bits per heavy atom. The molecule has 12 heteroatoms. The third-order valence-corrected chi connectivity index (χ3v) is 5.75. The summed E-state index contributed by atoms with van der Waals surface area (Å²) in [6, 6.07) is 4.40. The molecule has 1 heterocycles. The Morgan fingerprint density at radius 3 is 1.94 bits per heavy atom. The topological polar surface area (TPSA) is 152 Å². The fourth-order valence-electron chi connectivity index (χ4n) is 3.38. The summed E-state index contributed by atoms with van der Waals surface area (Å²) in [4.78, 5) is 59.4. The molecule has 0 amide bonds.